The minimum Gasteiger partial charge on any atom is -0.372 e. The predicted octanol–water partition coefficient (Wildman–Crippen LogP) is 4.00. The molecule has 144 valence electrons. The SMILES string of the molecule is C=C(NCCC)NCC1CCCc2cc(S(=O)(=O)c3ccccc3)ccc21. The number of aryl methyl sites for hydroxylation is 1. The second-order valence-corrected chi connectivity index (χ2v) is 9.00. The molecule has 2 aromatic rings. The fraction of sp³-hybridized carbons (Fsp3) is 0.364. The normalized spacial score (nSPS) is 16.4. The van der Waals surface area contributed by atoms with E-state index >= 15 is 0 Å². The Hall–Kier alpha value is -2.27. The summed E-state index contributed by atoms with van der Waals surface area (Å²) >= 11 is 0. The van der Waals surface area contributed by atoms with E-state index in [4.69, 9.17) is 0 Å². The Labute approximate surface area is 162 Å². The molecule has 1 atom stereocenters. The molecule has 1 aliphatic rings. The van der Waals surface area contributed by atoms with Crippen molar-refractivity contribution in [1.82, 2.24) is 10.6 Å². The van der Waals surface area contributed by atoms with Crippen LogP contribution in [-0.2, 0) is 16.3 Å². The van der Waals surface area contributed by atoms with Crippen molar-refractivity contribution >= 4 is 9.84 Å². The summed E-state index contributed by atoms with van der Waals surface area (Å²) in [7, 11) is -3.47. The van der Waals surface area contributed by atoms with E-state index < -0.39 is 9.84 Å². The summed E-state index contributed by atoms with van der Waals surface area (Å²) in [6, 6.07) is 14.3. The Morgan fingerprint density at radius 3 is 2.63 bits per heavy atom. The zero-order valence-electron chi connectivity index (χ0n) is 15.9. The van der Waals surface area contributed by atoms with Crippen molar-refractivity contribution < 1.29 is 8.42 Å². The molecule has 5 heteroatoms. The van der Waals surface area contributed by atoms with Crippen LogP contribution in [-0.4, -0.2) is 21.5 Å². The topological polar surface area (TPSA) is 58.2 Å². The predicted molar refractivity (Wildman–Crippen MR) is 109 cm³/mol. The first-order valence-electron chi connectivity index (χ1n) is 9.62. The molecule has 0 aliphatic heterocycles. The van der Waals surface area contributed by atoms with Crippen LogP contribution in [0.1, 0.15) is 43.2 Å². The molecule has 1 aliphatic carbocycles. The zero-order chi connectivity index (χ0) is 19.3. The molecule has 2 N–H and O–H groups in total. The number of hydrogen-bond donors (Lipinski definition) is 2. The van der Waals surface area contributed by atoms with Gasteiger partial charge in [0.05, 0.1) is 15.6 Å². The smallest absolute Gasteiger partial charge is 0.206 e. The molecule has 4 nitrogen and oxygen atoms in total. The highest BCUT2D eigenvalue weighted by Gasteiger charge is 2.24. The first-order valence-corrected chi connectivity index (χ1v) is 11.1. The number of fused-ring (bicyclic) bond motifs is 1. The molecular formula is C22H28N2O2S. The van der Waals surface area contributed by atoms with Crippen molar-refractivity contribution in [3.63, 3.8) is 0 Å². The van der Waals surface area contributed by atoms with Crippen LogP contribution in [0, 0.1) is 0 Å². The largest absolute Gasteiger partial charge is 0.372 e. The van der Waals surface area contributed by atoms with Gasteiger partial charge in [-0.25, -0.2) is 8.42 Å². The van der Waals surface area contributed by atoms with Gasteiger partial charge in [0.15, 0.2) is 0 Å². The second-order valence-electron chi connectivity index (χ2n) is 7.05. The third-order valence-corrected chi connectivity index (χ3v) is 6.83. The van der Waals surface area contributed by atoms with Crippen LogP contribution in [0.15, 0.2) is 70.7 Å². The number of hydrogen-bond acceptors (Lipinski definition) is 4. The highest BCUT2D eigenvalue weighted by atomic mass is 32.2. The maximum absolute atomic E-state index is 12.9. The summed E-state index contributed by atoms with van der Waals surface area (Å²) in [6.45, 7) is 7.86. The summed E-state index contributed by atoms with van der Waals surface area (Å²) in [5.74, 6) is 1.23. The minimum atomic E-state index is -3.47. The van der Waals surface area contributed by atoms with Gasteiger partial charge in [0, 0.05) is 19.0 Å². The van der Waals surface area contributed by atoms with E-state index in [1.165, 1.54) is 5.56 Å². The summed E-state index contributed by atoms with van der Waals surface area (Å²) in [6.07, 6.45) is 4.17. The van der Waals surface area contributed by atoms with E-state index in [2.05, 4.69) is 24.1 Å². The van der Waals surface area contributed by atoms with Gasteiger partial charge in [0.2, 0.25) is 9.84 Å². The Morgan fingerprint density at radius 1 is 1.11 bits per heavy atom. The Balaban J connectivity index is 1.78. The molecule has 0 fully saturated rings. The molecule has 0 heterocycles. The van der Waals surface area contributed by atoms with Gasteiger partial charge in [-0.2, -0.15) is 0 Å². The van der Waals surface area contributed by atoms with E-state index in [9.17, 15) is 8.42 Å². The molecule has 27 heavy (non-hydrogen) atoms. The molecule has 2 aromatic carbocycles. The van der Waals surface area contributed by atoms with Gasteiger partial charge in [-0.1, -0.05) is 37.8 Å². The monoisotopic (exact) mass is 384 g/mol. The Kier molecular flexibility index (Phi) is 6.22. The van der Waals surface area contributed by atoms with Crippen LogP contribution in [0.5, 0.6) is 0 Å². The van der Waals surface area contributed by atoms with E-state index in [-0.39, 0.29) is 0 Å². The molecule has 0 spiro atoms. The summed E-state index contributed by atoms with van der Waals surface area (Å²) < 4.78 is 25.8. The second kappa shape index (κ2) is 8.61. The average Bonchev–Trinajstić information content (AvgIpc) is 2.70. The van der Waals surface area contributed by atoms with Gasteiger partial charge in [-0.15, -0.1) is 0 Å². The van der Waals surface area contributed by atoms with Crippen LogP contribution in [0.4, 0.5) is 0 Å². The summed E-state index contributed by atoms with van der Waals surface area (Å²) in [4.78, 5) is 0.729. The first-order chi connectivity index (χ1) is 13.0. The molecule has 0 saturated carbocycles. The quantitative estimate of drug-likeness (QED) is 0.722. The lowest BCUT2D eigenvalue weighted by molar-refractivity contribution is 0.518. The van der Waals surface area contributed by atoms with Crippen molar-refractivity contribution in [3.8, 4) is 0 Å². The third-order valence-electron chi connectivity index (χ3n) is 5.07. The van der Waals surface area contributed by atoms with Crippen molar-refractivity contribution in [2.45, 2.75) is 48.3 Å². The van der Waals surface area contributed by atoms with E-state index in [1.807, 2.05) is 18.2 Å². The van der Waals surface area contributed by atoms with Crippen LogP contribution < -0.4 is 10.6 Å². The lowest BCUT2D eigenvalue weighted by Gasteiger charge is -2.27. The highest BCUT2D eigenvalue weighted by molar-refractivity contribution is 7.91. The summed E-state index contributed by atoms with van der Waals surface area (Å²) in [5, 5.41) is 6.63. The third kappa shape index (κ3) is 4.53. The van der Waals surface area contributed by atoms with Crippen molar-refractivity contribution in [2.75, 3.05) is 13.1 Å². The lowest BCUT2D eigenvalue weighted by atomic mass is 9.83. The standard InChI is InChI=1S/C22H28N2O2S/c1-3-14-23-17(2)24-16-19-9-7-8-18-15-21(12-13-22(18)19)27(25,26)20-10-5-4-6-11-20/h4-6,10-13,15,19,23-24H,2-3,7-9,14,16H2,1H3. The number of benzene rings is 2. The fourth-order valence-electron chi connectivity index (χ4n) is 3.59. The zero-order valence-corrected chi connectivity index (χ0v) is 16.7. The van der Waals surface area contributed by atoms with Crippen LogP contribution in [0.3, 0.4) is 0 Å². The van der Waals surface area contributed by atoms with Crippen LogP contribution >= 0.6 is 0 Å². The van der Waals surface area contributed by atoms with E-state index in [1.54, 1.807) is 30.3 Å². The number of sulfone groups is 1. The number of rotatable bonds is 8. The fourth-order valence-corrected chi connectivity index (χ4v) is 4.92. The molecule has 0 saturated heterocycles. The maximum atomic E-state index is 12.9. The average molecular weight is 385 g/mol. The maximum Gasteiger partial charge on any atom is 0.206 e. The van der Waals surface area contributed by atoms with Crippen molar-refractivity contribution in [1.29, 1.82) is 0 Å². The molecule has 0 amide bonds. The number of nitrogens with one attached hydrogen (secondary N) is 2. The van der Waals surface area contributed by atoms with Gasteiger partial charge in [0.25, 0.3) is 0 Å². The Morgan fingerprint density at radius 2 is 1.89 bits per heavy atom. The van der Waals surface area contributed by atoms with Crippen LogP contribution in [0.25, 0.3) is 0 Å². The van der Waals surface area contributed by atoms with Crippen molar-refractivity contribution in [3.05, 3.63) is 72.1 Å². The first kappa shape index (κ1) is 19.5. The highest BCUT2D eigenvalue weighted by Crippen LogP contribution is 2.33. The van der Waals surface area contributed by atoms with Gasteiger partial charge in [0.1, 0.15) is 0 Å². The summed E-state index contributed by atoms with van der Waals surface area (Å²) in [5.41, 5.74) is 2.40. The van der Waals surface area contributed by atoms with Gasteiger partial charge >= 0.3 is 0 Å². The van der Waals surface area contributed by atoms with Gasteiger partial charge in [-0.05, 0) is 61.1 Å². The molecule has 0 aromatic heterocycles. The van der Waals surface area contributed by atoms with Crippen molar-refractivity contribution in [2.24, 2.45) is 0 Å². The van der Waals surface area contributed by atoms with Gasteiger partial charge in [-0.3, -0.25) is 0 Å². The molecule has 1 unspecified atom stereocenters. The molecule has 0 bridgehead atoms. The Bertz CT molecular complexity index is 892. The van der Waals surface area contributed by atoms with Gasteiger partial charge < -0.3 is 10.6 Å². The minimum absolute atomic E-state index is 0.345. The van der Waals surface area contributed by atoms with Crippen LogP contribution in [0.2, 0.25) is 0 Å². The van der Waals surface area contributed by atoms with E-state index in [0.29, 0.717) is 15.7 Å². The molecule has 0 radical (unpaired) electrons. The molecular weight excluding hydrogens is 356 g/mol. The van der Waals surface area contributed by atoms with E-state index in [0.717, 1.165) is 50.2 Å². The lowest BCUT2D eigenvalue weighted by Crippen LogP contribution is -2.30. The molecule has 3 rings (SSSR count).